The van der Waals surface area contributed by atoms with E-state index >= 15 is 0 Å². The monoisotopic (exact) mass is 331 g/mol. The molecule has 0 aliphatic carbocycles. The summed E-state index contributed by atoms with van der Waals surface area (Å²) in [6.07, 6.45) is 2.55. The molecule has 1 aromatic rings. The molecule has 4 nitrogen and oxygen atoms in total. The van der Waals surface area contributed by atoms with Crippen LogP contribution in [0.3, 0.4) is 0 Å². The van der Waals surface area contributed by atoms with Crippen LogP contribution in [0.1, 0.15) is 51.7 Å². The standard InChI is InChI=1S/C20H33N3O/c1-15-9-11-23(12-10-15)14-17-8-6-5-7-16(17)13-22-19(24)18(21)20(2,3)4/h5-8,15,18H,9-14,21H2,1-4H3,(H,22,24)/t18-/m1/s1. The summed E-state index contributed by atoms with van der Waals surface area (Å²) in [5, 5.41) is 3.01. The molecule has 1 aliphatic rings. The predicted octanol–water partition coefficient (Wildman–Crippen LogP) is 2.91. The van der Waals surface area contributed by atoms with Gasteiger partial charge in [-0.05, 0) is 48.4 Å². The molecule has 0 spiro atoms. The second-order valence-electron chi connectivity index (χ2n) is 8.29. The van der Waals surface area contributed by atoms with Crippen molar-refractivity contribution in [2.24, 2.45) is 17.1 Å². The van der Waals surface area contributed by atoms with E-state index in [2.05, 4.69) is 35.3 Å². The van der Waals surface area contributed by atoms with E-state index in [4.69, 9.17) is 5.73 Å². The van der Waals surface area contributed by atoms with Crippen molar-refractivity contribution in [3.8, 4) is 0 Å². The highest BCUT2D eigenvalue weighted by Crippen LogP contribution is 2.20. The molecule has 1 heterocycles. The maximum absolute atomic E-state index is 12.3. The summed E-state index contributed by atoms with van der Waals surface area (Å²) in [7, 11) is 0. The van der Waals surface area contributed by atoms with Crippen LogP contribution in [0.4, 0.5) is 0 Å². The van der Waals surface area contributed by atoms with Crippen molar-refractivity contribution in [2.75, 3.05) is 13.1 Å². The Bertz CT molecular complexity index is 542. The quantitative estimate of drug-likeness (QED) is 0.872. The molecule has 0 bridgehead atoms. The molecule has 1 aliphatic heterocycles. The first-order chi connectivity index (χ1) is 11.3. The Morgan fingerprint density at radius 3 is 2.42 bits per heavy atom. The lowest BCUT2D eigenvalue weighted by atomic mass is 9.87. The van der Waals surface area contributed by atoms with Crippen molar-refractivity contribution in [3.05, 3.63) is 35.4 Å². The second kappa shape index (κ2) is 8.13. The molecule has 1 fully saturated rings. The summed E-state index contributed by atoms with van der Waals surface area (Å²) in [5.74, 6) is 0.763. The SMILES string of the molecule is CC1CCN(Cc2ccccc2CNC(=O)[C@@H](N)C(C)(C)C)CC1. The zero-order valence-corrected chi connectivity index (χ0v) is 15.6. The van der Waals surface area contributed by atoms with E-state index in [-0.39, 0.29) is 11.3 Å². The minimum atomic E-state index is -0.492. The lowest BCUT2D eigenvalue weighted by Gasteiger charge is -2.31. The lowest BCUT2D eigenvalue weighted by Crippen LogP contribution is -2.48. The number of carbonyl (C=O) groups is 1. The Kier molecular flexibility index (Phi) is 6.41. The molecule has 1 aromatic carbocycles. The van der Waals surface area contributed by atoms with E-state index in [0.717, 1.165) is 25.6 Å². The van der Waals surface area contributed by atoms with Gasteiger partial charge in [-0.2, -0.15) is 0 Å². The van der Waals surface area contributed by atoms with Crippen LogP contribution in [0.25, 0.3) is 0 Å². The molecule has 2 rings (SSSR count). The molecular weight excluding hydrogens is 298 g/mol. The van der Waals surface area contributed by atoms with Crippen LogP contribution in [-0.2, 0) is 17.9 Å². The zero-order valence-electron chi connectivity index (χ0n) is 15.6. The van der Waals surface area contributed by atoms with Crippen LogP contribution in [0, 0.1) is 11.3 Å². The smallest absolute Gasteiger partial charge is 0.237 e. The number of hydrogen-bond acceptors (Lipinski definition) is 3. The van der Waals surface area contributed by atoms with Crippen molar-refractivity contribution in [1.82, 2.24) is 10.2 Å². The van der Waals surface area contributed by atoms with Gasteiger partial charge in [0.2, 0.25) is 5.91 Å². The molecule has 4 heteroatoms. The fourth-order valence-electron chi connectivity index (χ4n) is 3.03. The van der Waals surface area contributed by atoms with Gasteiger partial charge in [0.25, 0.3) is 0 Å². The van der Waals surface area contributed by atoms with Crippen molar-refractivity contribution in [1.29, 1.82) is 0 Å². The average Bonchev–Trinajstić information content (AvgIpc) is 2.54. The highest BCUT2D eigenvalue weighted by atomic mass is 16.2. The Morgan fingerprint density at radius 2 is 1.83 bits per heavy atom. The molecule has 134 valence electrons. The van der Waals surface area contributed by atoms with Crippen LogP contribution in [0.15, 0.2) is 24.3 Å². The Hall–Kier alpha value is -1.39. The first kappa shape index (κ1) is 18.9. The van der Waals surface area contributed by atoms with Gasteiger partial charge in [0.05, 0.1) is 6.04 Å². The third-order valence-electron chi connectivity index (χ3n) is 5.06. The Morgan fingerprint density at radius 1 is 1.25 bits per heavy atom. The Balaban J connectivity index is 1.95. The number of likely N-dealkylation sites (tertiary alicyclic amines) is 1. The summed E-state index contributed by atoms with van der Waals surface area (Å²) in [6, 6.07) is 7.89. The molecular formula is C20H33N3O. The average molecular weight is 332 g/mol. The van der Waals surface area contributed by atoms with E-state index in [1.54, 1.807) is 0 Å². The molecule has 0 aromatic heterocycles. The number of hydrogen-bond donors (Lipinski definition) is 2. The largest absolute Gasteiger partial charge is 0.351 e. The van der Waals surface area contributed by atoms with E-state index in [1.165, 1.54) is 24.0 Å². The highest BCUT2D eigenvalue weighted by Gasteiger charge is 2.27. The summed E-state index contributed by atoms with van der Waals surface area (Å²) in [5.41, 5.74) is 8.30. The van der Waals surface area contributed by atoms with E-state index in [9.17, 15) is 4.79 Å². The topological polar surface area (TPSA) is 58.4 Å². The van der Waals surface area contributed by atoms with Crippen molar-refractivity contribution in [2.45, 2.75) is 59.7 Å². The van der Waals surface area contributed by atoms with Crippen molar-refractivity contribution in [3.63, 3.8) is 0 Å². The molecule has 0 saturated carbocycles. The highest BCUT2D eigenvalue weighted by molar-refractivity contribution is 5.82. The van der Waals surface area contributed by atoms with Crippen LogP contribution in [0.5, 0.6) is 0 Å². The third-order valence-corrected chi connectivity index (χ3v) is 5.06. The maximum Gasteiger partial charge on any atom is 0.237 e. The third kappa shape index (κ3) is 5.32. The first-order valence-corrected chi connectivity index (χ1v) is 9.10. The van der Waals surface area contributed by atoms with Gasteiger partial charge in [-0.1, -0.05) is 52.0 Å². The van der Waals surface area contributed by atoms with Crippen LogP contribution in [-0.4, -0.2) is 29.9 Å². The number of nitrogens with one attached hydrogen (secondary N) is 1. The number of amides is 1. The number of rotatable bonds is 5. The number of nitrogens with zero attached hydrogens (tertiary/aromatic N) is 1. The van der Waals surface area contributed by atoms with Gasteiger partial charge in [-0.15, -0.1) is 0 Å². The molecule has 1 atom stereocenters. The van der Waals surface area contributed by atoms with Crippen LogP contribution >= 0.6 is 0 Å². The number of benzene rings is 1. The van der Waals surface area contributed by atoms with E-state index in [1.807, 2.05) is 26.8 Å². The number of piperidine rings is 1. The predicted molar refractivity (Wildman–Crippen MR) is 99.4 cm³/mol. The summed E-state index contributed by atoms with van der Waals surface area (Å²) in [6.45, 7) is 12.1. The number of nitrogens with two attached hydrogens (primary N) is 1. The molecule has 3 N–H and O–H groups in total. The van der Waals surface area contributed by atoms with E-state index < -0.39 is 6.04 Å². The molecule has 0 radical (unpaired) electrons. The maximum atomic E-state index is 12.3. The fraction of sp³-hybridized carbons (Fsp3) is 0.650. The van der Waals surface area contributed by atoms with Gasteiger partial charge in [-0.3, -0.25) is 9.69 Å². The van der Waals surface area contributed by atoms with E-state index in [0.29, 0.717) is 6.54 Å². The van der Waals surface area contributed by atoms with Crippen molar-refractivity contribution >= 4 is 5.91 Å². The van der Waals surface area contributed by atoms with Crippen molar-refractivity contribution < 1.29 is 4.79 Å². The molecule has 1 amide bonds. The second-order valence-corrected chi connectivity index (χ2v) is 8.29. The van der Waals surface area contributed by atoms with Crippen LogP contribution in [0.2, 0.25) is 0 Å². The van der Waals surface area contributed by atoms with Crippen LogP contribution < -0.4 is 11.1 Å². The summed E-state index contributed by atoms with van der Waals surface area (Å²) in [4.78, 5) is 14.8. The van der Waals surface area contributed by atoms with Gasteiger partial charge >= 0.3 is 0 Å². The van der Waals surface area contributed by atoms with Gasteiger partial charge in [0.15, 0.2) is 0 Å². The lowest BCUT2D eigenvalue weighted by molar-refractivity contribution is -0.124. The summed E-state index contributed by atoms with van der Waals surface area (Å²) < 4.78 is 0. The molecule has 1 saturated heterocycles. The van der Waals surface area contributed by atoms with Gasteiger partial charge in [0, 0.05) is 13.1 Å². The number of carbonyl (C=O) groups excluding carboxylic acids is 1. The Labute approximate surface area is 146 Å². The van der Waals surface area contributed by atoms with Gasteiger partial charge < -0.3 is 11.1 Å². The van der Waals surface area contributed by atoms with Gasteiger partial charge in [0.1, 0.15) is 0 Å². The minimum absolute atomic E-state index is 0.0795. The van der Waals surface area contributed by atoms with Gasteiger partial charge in [-0.25, -0.2) is 0 Å². The minimum Gasteiger partial charge on any atom is -0.351 e. The summed E-state index contributed by atoms with van der Waals surface area (Å²) >= 11 is 0. The zero-order chi connectivity index (χ0) is 17.7. The normalized spacial score (nSPS) is 18.4. The molecule has 0 unspecified atom stereocenters. The first-order valence-electron chi connectivity index (χ1n) is 9.10. The molecule has 24 heavy (non-hydrogen) atoms. The fourth-order valence-corrected chi connectivity index (χ4v) is 3.03.